The molecule has 3 aromatic heterocycles. The van der Waals surface area contributed by atoms with Crippen molar-refractivity contribution in [1.82, 2.24) is 29.1 Å². The molecule has 704 valence electrons. The van der Waals surface area contributed by atoms with Gasteiger partial charge in [0.2, 0.25) is 6.29 Å². The molecule has 13 atom stereocenters. The van der Waals surface area contributed by atoms with Crippen LogP contribution in [0.3, 0.4) is 0 Å². The standard InChI is InChI=1S/C16H22N2O6S.C12H16N2O7S.C11H18O5.C7H8N2O3S.C7H10O5.C7H9O3.C6H10O4.C3H6O2.CH4N2S.CH4O.CH3O.CH4.3Na.H2O.H/c1-5-11-8(2)13(23-9(3)19)15(24-11)18-7-10(6-12(20)22-4)14(21)17-16(18)25;1-20-7(16)2-5-3-14(12(22)13-10(5)19)11-9(18)8(17)6(4-15)21-11;1-5-9-6(2)10(14-7(3)12)11(16-9)15-8(4)13;1-12-5(10)2-4-3-8-7(13)9-6(4)11;1-11-6(9)3-5(4-8)7(10)12-2;1-5(6(2)8)4-7(9)10-3;1-9-5(7)3-4-6(8)10-2;1-2-5-3-4;2-1(3)4;2*1-2;;;;;;/h7-8,11,13,15H,5-6H2,1-4H3,(H,17,21,25);3,6,8-9,11,15,17-18H,2,4H2,1H3,(H,13,19,22);6,9-11H,5H2,1-4H3;3H,2H2,1H3,(H2,8,9,11,13);4-5H,3H2,1-2H3;1H,4H2,2-3H3;3-4H2,1-2H3;3H,2H2,1H3;(H4,2,3,4);2H,1H3;1H3;1H4;;;;1H2;/q;;;;;-1;;;;;-1;;3*+1;;-1/p-1/t8-,11+,13?,15+;6-,8+,9?,11-;6-,9+,10?,11?;;;;;;;;;;;;;;/m010............../s1. The second-order valence-electron chi connectivity index (χ2n) is 23.6. The van der Waals surface area contributed by atoms with E-state index in [0.29, 0.717) is 24.9 Å². The minimum absolute atomic E-state index is 0. The molecule has 3 aromatic rings. The second-order valence-corrected chi connectivity index (χ2v) is 25.3. The summed E-state index contributed by atoms with van der Waals surface area (Å²) in [7, 11) is 11.6. The summed E-state index contributed by atoms with van der Waals surface area (Å²) in [6, 6.07) is 0. The second kappa shape index (κ2) is 79.5. The van der Waals surface area contributed by atoms with Crippen molar-refractivity contribution in [2.45, 2.75) is 189 Å². The number of Topliss-reactive ketones (excluding diaryl/α,β-unsaturated/α-hetero) is 1. The number of thiocarbonyl (C=S) groups is 1. The smallest absolute Gasteiger partial charge is 1.00 e. The van der Waals surface area contributed by atoms with Gasteiger partial charge in [-0.25, -0.2) is 0 Å². The Morgan fingerprint density at radius 3 is 1.26 bits per heavy atom. The van der Waals surface area contributed by atoms with Gasteiger partial charge < -0.3 is 130 Å². The maximum atomic E-state index is 12.0. The summed E-state index contributed by atoms with van der Waals surface area (Å²) in [5, 5.41) is 44.1. The third-order valence-corrected chi connectivity index (χ3v) is 16.2. The Bertz CT molecular complexity index is 4170. The fraction of sp³-hybridized carbons (Fsp3) is 0.603. The Hall–Kier alpha value is -7.65. The van der Waals surface area contributed by atoms with Crippen LogP contribution in [0.25, 0.3) is 0 Å². The molecule has 3 fully saturated rings. The Morgan fingerprint density at radius 1 is 0.571 bits per heavy atom. The summed E-state index contributed by atoms with van der Waals surface area (Å²) in [4.78, 5) is 194. The van der Waals surface area contributed by atoms with Crippen molar-refractivity contribution in [3.05, 3.63) is 92.8 Å². The van der Waals surface area contributed by atoms with E-state index >= 15 is 0 Å². The zero-order chi connectivity index (χ0) is 94.7. The number of methoxy groups -OCH3 is 8. The molecule has 0 spiro atoms. The number of ketones is 1. The minimum atomic E-state index is -1.35. The SMILES string of the molecule is C.CCOC=O.CC[C@H]1OC(OC(C)=O)C(OC(C)=O)[C@H]1C.CC[C@H]1O[C@@H](n2cc(CC(=O)OC)c(=O)[nH]c2=S)C(OC(C)=O)[C@H]1C.CO.COC(=O)CC(C=O)C(=O)OC.COC(=O)CCC(=O)OC.COC(=O)Cc1c[nH]c(=S)[nH]c1=O.COC(=O)Cc1cn([C@@H]2O[C@H](CO)[C@H](O)C2O)c(=S)[nH]c1=O.C[O-].NC(N)=S.[CH-]=C(CC(=O)OC)C(C)=O.[H-].[Na+].[Na+].[Na+].[OH-]. The molecule has 53 heteroatoms. The quantitative estimate of drug-likeness (QED) is 0.00521. The first-order valence-electron chi connectivity index (χ1n) is 35.4. The van der Waals surface area contributed by atoms with E-state index in [4.69, 9.17) is 74.8 Å². The molecular formula is C73H116N8Na3O38S4-. The summed E-state index contributed by atoms with van der Waals surface area (Å²) in [6.45, 7) is 20.4. The number of carbonyl (C=O) groups is 14. The van der Waals surface area contributed by atoms with Crippen LogP contribution in [-0.2, 0) is 157 Å². The van der Waals surface area contributed by atoms with Crippen molar-refractivity contribution in [2.24, 2.45) is 29.2 Å². The van der Waals surface area contributed by atoms with Crippen LogP contribution in [0.4, 0.5) is 0 Å². The van der Waals surface area contributed by atoms with E-state index < -0.39 is 139 Å². The van der Waals surface area contributed by atoms with Gasteiger partial charge in [-0.2, -0.15) is 12.7 Å². The number of aldehydes is 1. The maximum Gasteiger partial charge on any atom is 1.00 e. The fourth-order valence-electron chi connectivity index (χ4n) is 9.29. The van der Waals surface area contributed by atoms with Crippen LogP contribution in [0.2, 0.25) is 0 Å². The first-order valence-corrected chi connectivity index (χ1v) is 37.0. The van der Waals surface area contributed by atoms with Crippen LogP contribution >= 0.6 is 48.9 Å². The molecular weight excluding hydrogens is 1790 g/mol. The summed E-state index contributed by atoms with van der Waals surface area (Å²) in [5.74, 6) is -6.86. The van der Waals surface area contributed by atoms with Gasteiger partial charge >= 0.3 is 154 Å². The number of esters is 11. The average molecular weight is 1910 g/mol. The number of aliphatic hydroxyl groups excluding tert-OH is 4. The summed E-state index contributed by atoms with van der Waals surface area (Å²) >= 11 is 19.0. The number of aromatic amines is 4. The first kappa shape index (κ1) is 139. The van der Waals surface area contributed by atoms with E-state index in [1.807, 2.05) is 27.7 Å². The van der Waals surface area contributed by atoms with Gasteiger partial charge in [-0.05, 0) is 68.6 Å². The van der Waals surface area contributed by atoms with E-state index in [1.165, 1.54) is 105 Å². The van der Waals surface area contributed by atoms with Crippen molar-refractivity contribution in [3.63, 3.8) is 0 Å². The molecule has 5 unspecified atom stereocenters. The van der Waals surface area contributed by atoms with E-state index in [-0.39, 0.29) is 219 Å². The summed E-state index contributed by atoms with van der Waals surface area (Å²) in [6.07, 6.45) is -2.12. The van der Waals surface area contributed by atoms with Gasteiger partial charge in [-0.3, -0.25) is 103 Å². The first-order chi connectivity index (χ1) is 56.8. The fourth-order valence-corrected chi connectivity index (χ4v) is 9.94. The normalized spacial score (nSPS) is 18.2. The molecule has 126 heavy (non-hydrogen) atoms. The number of ether oxygens (including phenoxy) is 15. The van der Waals surface area contributed by atoms with E-state index in [1.54, 1.807) is 6.92 Å². The van der Waals surface area contributed by atoms with Gasteiger partial charge in [-0.1, -0.05) is 42.0 Å². The molecule has 46 nitrogen and oxygen atoms in total. The number of aliphatic hydroxyl groups is 4. The number of nitrogens with zero attached hydrogens (tertiary/aromatic N) is 2. The minimum Gasteiger partial charge on any atom is -1.00 e. The molecule has 0 amide bonds. The molecule has 13 N–H and O–H groups in total. The van der Waals surface area contributed by atoms with Gasteiger partial charge in [0.25, 0.3) is 23.2 Å². The zero-order valence-electron chi connectivity index (χ0n) is 74.6. The van der Waals surface area contributed by atoms with Gasteiger partial charge in [0, 0.05) is 87.2 Å². The number of nitrogens with two attached hydrogens (primary N) is 2. The van der Waals surface area contributed by atoms with E-state index in [2.05, 4.69) is 98.5 Å². The molecule has 0 bridgehead atoms. The number of H-pyrrole nitrogens is 4. The molecule has 0 saturated carbocycles. The Morgan fingerprint density at radius 2 is 0.937 bits per heavy atom. The summed E-state index contributed by atoms with van der Waals surface area (Å²) < 4.78 is 74.6. The molecule has 3 saturated heterocycles. The van der Waals surface area contributed by atoms with Crippen LogP contribution in [-0.4, -0.2) is 278 Å². The molecule has 3 aliphatic heterocycles. The predicted octanol–water partition coefficient (Wildman–Crippen LogP) is -9.19. The van der Waals surface area contributed by atoms with Gasteiger partial charge in [0.1, 0.15) is 30.5 Å². The van der Waals surface area contributed by atoms with E-state index in [9.17, 15) is 91.7 Å². The number of aromatic nitrogens is 6. The van der Waals surface area contributed by atoms with Gasteiger partial charge in [0.05, 0.1) is 121 Å². The number of rotatable bonds is 26. The largest absolute Gasteiger partial charge is 1.00 e. The Labute approximate surface area is 815 Å². The molecule has 6 heterocycles. The Kier molecular flexibility index (Phi) is 87.6. The maximum absolute atomic E-state index is 12.0. The number of nitrogens with one attached hydrogen (secondary N) is 4. The number of hydrogen-bond acceptors (Lipinski definition) is 42. The average Bonchev–Trinajstić information content (AvgIpc) is 1.66. The van der Waals surface area contributed by atoms with Crippen molar-refractivity contribution >= 4 is 138 Å². The molecule has 0 aliphatic carbocycles. The van der Waals surface area contributed by atoms with Gasteiger partial charge in [0.15, 0.2) is 44.1 Å². The van der Waals surface area contributed by atoms with Crippen molar-refractivity contribution in [2.75, 3.05) is 84.3 Å². The topological polar surface area (TPSA) is 688 Å². The van der Waals surface area contributed by atoms with E-state index in [0.717, 1.165) is 34.2 Å². The third kappa shape index (κ3) is 57.3. The van der Waals surface area contributed by atoms with Gasteiger partial charge in [-0.15, -0.1) is 0 Å². The van der Waals surface area contributed by atoms with Crippen LogP contribution in [0, 0.1) is 38.6 Å². The van der Waals surface area contributed by atoms with Crippen molar-refractivity contribution < 1.29 is 259 Å². The predicted molar refractivity (Wildman–Crippen MR) is 438 cm³/mol. The Balaban J connectivity index is -0.000000136. The van der Waals surface area contributed by atoms with Crippen LogP contribution < -0.4 is 122 Å². The zero-order valence-corrected chi connectivity index (χ0v) is 82.9. The van der Waals surface area contributed by atoms with Crippen LogP contribution in [0.5, 0.6) is 0 Å². The summed E-state index contributed by atoms with van der Waals surface area (Å²) in [5.41, 5.74) is 8.45. The monoisotopic (exact) mass is 1910 g/mol. The third-order valence-electron chi connectivity index (χ3n) is 15.3. The molecule has 6 rings (SSSR count). The molecule has 0 aromatic carbocycles. The molecule has 3 aliphatic rings. The molecule has 0 radical (unpaired) electrons. The van der Waals surface area contributed by atoms with Crippen LogP contribution in [0.15, 0.2) is 38.5 Å². The number of hydrogen-bond donors (Lipinski definition) is 10. The van der Waals surface area contributed by atoms with Crippen molar-refractivity contribution in [1.29, 1.82) is 0 Å². The number of carbonyl (C=O) groups excluding carboxylic acids is 14. The van der Waals surface area contributed by atoms with Crippen molar-refractivity contribution in [3.8, 4) is 0 Å². The van der Waals surface area contributed by atoms with Crippen LogP contribution in [0.1, 0.15) is 139 Å².